The fraction of sp³-hybridized carbons (Fsp3) is 0.476. The molecule has 0 aliphatic heterocycles. The van der Waals surface area contributed by atoms with Gasteiger partial charge in [0.05, 0.1) is 17.5 Å². The van der Waals surface area contributed by atoms with Gasteiger partial charge in [-0.1, -0.05) is 25.3 Å². The van der Waals surface area contributed by atoms with E-state index in [1.165, 1.54) is 31.4 Å². The zero-order chi connectivity index (χ0) is 19.6. The molecule has 0 unspecified atom stereocenters. The summed E-state index contributed by atoms with van der Waals surface area (Å²) in [6.07, 6.45) is 7.52. The van der Waals surface area contributed by atoms with Gasteiger partial charge < -0.3 is 10.5 Å². The molecule has 1 aromatic carbocycles. The number of carbonyl (C=O) groups excluding carboxylic acids is 1. The minimum absolute atomic E-state index is 0.108. The predicted molar refractivity (Wildman–Crippen MR) is 103 cm³/mol. The van der Waals surface area contributed by atoms with Crippen LogP contribution in [0, 0.1) is 5.82 Å². The number of hydrogen-bond acceptors (Lipinski definition) is 5. The van der Waals surface area contributed by atoms with Crippen molar-refractivity contribution in [3.8, 4) is 11.3 Å². The molecule has 0 saturated heterocycles. The van der Waals surface area contributed by atoms with Crippen LogP contribution in [0.2, 0.25) is 0 Å². The van der Waals surface area contributed by atoms with E-state index in [4.69, 9.17) is 10.5 Å². The highest BCUT2D eigenvalue weighted by atomic mass is 19.1. The van der Waals surface area contributed by atoms with Crippen molar-refractivity contribution >= 4 is 11.8 Å². The second kappa shape index (κ2) is 7.62. The topological polar surface area (TPSA) is 78.1 Å². The molecule has 1 saturated carbocycles. The number of nitrogens with two attached hydrogens (primary N) is 1. The lowest BCUT2D eigenvalue weighted by molar-refractivity contribution is 0.00648. The van der Waals surface area contributed by atoms with Crippen LogP contribution in [0.3, 0.4) is 0 Å². The van der Waals surface area contributed by atoms with Gasteiger partial charge >= 0.3 is 5.97 Å². The van der Waals surface area contributed by atoms with Gasteiger partial charge in [-0.15, -0.1) is 0 Å². The normalized spacial score (nSPS) is 15.6. The van der Waals surface area contributed by atoms with Gasteiger partial charge in [-0.3, -0.25) is 0 Å². The van der Waals surface area contributed by atoms with E-state index in [0.29, 0.717) is 17.2 Å². The zero-order valence-corrected chi connectivity index (χ0v) is 16.1. The Labute approximate surface area is 159 Å². The first-order chi connectivity index (χ1) is 12.7. The van der Waals surface area contributed by atoms with Crippen molar-refractivity contribution < 1.29 is 13.9 Å². The smallest absolute Gasteiger partial charge is 0.341 e. The third-order valence-electron chi connectivity index (χ3n) is 4.70. The summed E-state index contributed by atoms with van der Waals surface area (Å²) in [5, 5.41) is 0. The Morgan fingerprint density at radius 3 is 2.56 bits per heavy atom. The van der Waals surface area contributed by atoms with Crippen molar-refractivity contribution in [2.45, 2.75) is 64.4 Å². The fourth-order valence-corrected chi connectivity index (χ4v) is 3.38. The number of esters is 1. The molecule has 0 spiro atoms. The molecule has 2 aromatic rings. The highest BCUT2D eigenvalue weighted by molar-refractivity contribution is 5.90. The summed E-state index contributed by atoms with van der Waals surface area (Å²) in [4.78, 5) is 21.1. The molecule has 1 fully saturated rings. The van der Waals surface area contributed by atoms with Crippen LogP contribution in [-0.2, 0) is 4.74 Å². The van der Waals surface area contributed by atoms with Crippen LogP contribution < -0.4 is 5.73 Å². The summed E-state index contributed by atoms with van der Waals surface area (Å²) in [5.74, 6) is -0.733. The highest BCUT2D eigenvalue weighted by Crippen LogP contribution is 2.33. The number of benzene rings is 1. The second-order valence-electron chi connectivity index (χ2n) is 8.06. The number of nitrogens with zero attached hydrogens (tertiary/aromatic N) is 2. The average Bonchev–Trinajstić information content (AvgIpc) is 2.61. The van der Waals surface area contributed by atoms with Crippen molar-refractivity contribution in [1.82, 2.24) is 9.97 Å². The Balaban J connectivity index is 1.90. The van der Waals surface area contributed by atoms with E-state index in [1.54, 1.807) is 33.0 Å². The molecule has 0 amide bonds. The SMILES string of the molecule is CC(C)(C)OC(=O)c1ccc(-c2nc(C3CCCCC3)cnc2N)cc1F. The van der Waals surface area contributed by atoms with Crippen LogP contribution in [-0.4, -0.2) is 21.5 Å². The molecular formula is C21H26FN3O2. The van der Waals surface area contributed by atoms with E-state index in [9.17, 15) is 9.18 Å². The van der Waals surface area contributed by atoms with Gasteiger partial charge in [0.15, 0.2) is 0 Å². The molecule has 144 valence electrons. The van der Waals surface area contributed by atoms with Gasteiger partial charge in [0.1, 0.15) is 22.9 Å². The van der Waals surface area contributed by atoms with E-state index < -0.39 is 17.4 Å². The van der Waals surface area contributed by atoms with Crippen LogP contribution in [0.1, 0.15) is 74.8 Å². The van der Waals surface area contributed by atoms with Crippen LogP contribution in [0.15, 0.2) is 24.4 Å². The van der Waals surface area contributed by atoms with E-state index in [-0.39, 0.29) is 11.4 Å². The first-order valence-electron chi connectivity index (χ1n) is 9.40. The molecule has 1 aliphatic rings. The van der Waals surface area contributed by atoms with Gasteiger partial charge in [0, 0.05) is 11.5 Å². The van der Waals surface area contributed by atoms with Crippen molar-refractivity contribution in [2.24, 2.45) is 0 Å². The summed E-state index contributed by atoms with van der Waals surface area (Å²) >= 11 is 0. The summed E-state index contributed by atoms with van der Waals surface area (Å²) < 4.78 is 19.8. The monoisotopic (exact) mass is 371 g/mol. The summed E-state index contributed by atoms with van der Waals surface area (Å²) in [7, 11) is 0. The number of ether oxygens (including phenoxy) is 1. The number of halogens is 1. The first kappa shape index (κ1) is 19.3. The zero-order valence-electron chi connectivity index (χ0n) is 16.1. The number of aromatic nitrogens is 2. The summed E-state index contributed by atoms with van der Waals surface area (Å²) in [5.41, 5.74) is 7.05. The molecule has 3 rings (SSSR count). The fourth-order valence-electron chi connectivity index (χ4n) is 3.38. The molecule has 0 radical (unpaired) electrons. The average molecular weight is 371 g/mol. The summed E-state index contributed by atoms with van der Waals surface area (Å²) in [6, 6.07) is 4.31. The van der Waals surface area contributed by atoms with Gasteiger partial charge in [0.25, 0.3) is 0 Å². The van der Waals surface area contributed by atoms with E-state index in [0.717, 1.165) is 18.5 Å². The predicted octanol–water partition coefficient (Wildman–Crippen LogP) is 4.87. The van der Waals surface area contributed by atoms with Gasteiger partial charge in [-0.05, 0) is 45.7 Å². The first-order valence-corrected chi connectivity index (χ1v) is 9.40. The molecule has 1 aromatic heterocycles. The lowest BCUT2D eigenvalue weighted by Crippen LogP contribution is -2.24. The van der Waals surface area contributed by atoms with Crippen LogP contribution in [0.4, 0.5) is 10.2 Å². The van der Waals surface area contributed by atoms with Crippen LogP contribution >= 0.6 is 0 Å². The number of hydrogen-bond donors (Lipinski definition) is 1. The Bertz CT molecular complexity index is 840. The lowest BCUT2D eigenvalue weighted by Gasteiger charge is -2.21. The lowest BCUT2D eigenvalue weighted by atomic mass is 9.87. The minimum atomic E-state index is -0.693. The van der Waals surface area contributed by atoms with Crippen molar-refractivity contribution in [3.05, 3.63) is 41.5 Å². The molecule has 2 N–H and O–H groups in total. The van der Waals surface area contributed by atoms with Crippen LogP contribution in [0.25, 0.3) is 11.3 Å². The Morgan fingerprint density at radius 2 is 1.93 bits per heavy atom. The Kier molecular flexibility index (Phi) is 5.44. The van der Waals surface area contributed by atoms with E-state index in [2.05, 4.69) is 9.97 Å². The van der Waals surface area contributed by atoms with Crippen molar-refractivity contribution in [2.75, 3.05) is 5.73 Å². The van der Waals surface area contributed by atoms with Crippen LogP contribution in [0.5, 0.6) is 0 Å². The van der Waals surface area contributed by atoms with Gasteiger partial charge in [0.2, 0.25) is 0 Å². The molecule has 27 heavy (non-hydrogen) atoms. The Hall–Kier alpha value is -2.50. The van der Waals surface area contributed by atoms with Crippen molar-refractivity contribution in [3.63, 3.8) is 0 Å². The molecular weight excluding hydrogens is 345 g/mol. The molecule has 1 heterocycles. The molecule has 0 bridgehead atoms. The standard InChI is InChI=1S/C21H26FN3O2/c1-21(2,3)27-20(26)15-10-9-14(11-16(15)22)18-19(23)24-12-17(25-18)13-7-5-4-6-8-13/h9-13H,4-8H2,1-3H3,(H2,23,24). The van der Waals surface area contributed by atoms with E-state index in [1.807, 2.05) is 0 Å². The molecule has 0 atom stereocenters. The molecule has 6 heteroatoms. The molecule has 1 aliphatic carbocycles. The quantitative estimate of drug-likeness (QED) is 0.779. The number of nitrogen functional groups attached to an aromatic ring is 1. The van der Waals surface area contributed by atoms with Gasteiger partial charge in [-0.2, -0.15) is 0 Å². The minimum Gasteiger partial charge on any atom is -0.456 e. The maximum Gasteiger partial charge on any atom is 0.341 e. The van der Waals surface area contributed by atoms with E-state index >= 15 is 0 Å². The molecule has 5 nitrogen and oxygen atoms in total. The third kappa shape index (κ3) is 4.62. The number of carbonyl (C=O) groups is 1. The third-order valence-corrected chi connectivity index (χ3v) is 4.70. The highest BCUT2D eigenvalue weighted by Gasteiger charge is 2.22. The maximum atomic E-state index is 14.6. The van der Waals surface area contributed by atoms with Gasteiger partial charge in [-0.25, -0.2) is 19.2 Å². The second-order valence-corrected chi connectivity index (χ2v) is 8.06. The maximum absolute atomic E-state index is 14.6. The summed E-state index contributed by atoms with van der Waals surface area (Å²) in [6.45, 7) is 5.22. The largest absolute Gasteiger partial charge is 0.456 e. The number of anilines is 1. The van der Waals surface area contributed by atoms with Crippen molar-refractivity contribution in [1.29, 1.82) is 0 Å². The number of rotatable bonds is 3. The Morgan fingerprint density at radius 1 is 1.22 bits per heavy atom.